The van der Waals surface area contributed by atoms with Gasteiger partial charge in [0.2, 0.25) is 0 Å². The van der Waals surface area contributed by atoms with Crippen molar-refractivity contribution >= 4 is 18.0 Å². The number of carbonyl (C=O) groups excluding carboxylic acids is 1. The Morgan fingerprint density at radius 3 is 2.82 bits per heavy atom. The van der Waals surface area contributed by atoms with Crippen LogP contribution in [-0.2, 0) is 0 Å². The number of nitrogens with zero attached hydrogens (tertiary/aromatic N) is 1. The summed E-state index contributed by atoms with van der Waals surface area (Å²) >= 11 is 1.00. The third-order valence-corrected chi connectivity index (χ3v) is 1.88. The number of aldehydes is 1. The third kappa shape index (κ3) is 1.82. The Bertz CT molecular complexity index is 303. The van der Waals surface area contributed by atoms with Gasteiger partial charge in [-0.3, -0.25) is 4.79 Å². The monoisotopic (exact) mass is 163 g/mol. The molecular formula is C8H5NOS. The second kappa shape index (κ2) is 3.79. The molecule has 0 fully saturated rings. The first-order valence-corrected chi connectivity index (χ1v) is 3.80. The molecule has 0 amide bonds. The van der Waals surface area contributed by atoms with Crippen molar-refractivity contribution in [3.8, 4) is 5.40 Å². The van der Waals surface area contributed by atoms with Gasteiger partial charge in [0.25, 0.3) is 0 Å². The van der Waals surface area contributed by atoms with Crippen molar-refractivity contribution in [1.82, 2.24) is 0 Å². The van der Waals surface area contributed by atoms with Gasteiger partial charge in [0, 0.05) is 10.5 Å². The van der Waals surface area contributed by atoms with E-state index in [1.165, 1.54) is 0 Å². The topological polar surface area (TPSA) is 40.9 Å². The van der Waals surface area contributed by atoms with Crippen molar-refractivity contribution in [1.29, 1.82) is 5.26 Å². The molecule has 0 aromatic heterocycles. The fraction of sp³-hybridized carbons (Fsp3) is 0. The summed E-state index contributed by atoms with van der Waals surface area (Å²) in [5, 5.41) is 10.3. The summed E-state index contributed by atoms with van der Waals surface area (Å²) in [5.74, 6) is 0. The van der Waals surface area contributed by atoms with Gasteiger partial charge >= 0.3 is 0 Å². The lowest BCUT2D eigenvalue weighted by molar-refractivity contribution is 0.112. The zero-order valence-corrected chi connectivity index (χ0v) is 6.47. The molecule has 0 radical (unpaired) electrons. The second-order valence-corrected chi connectivity index (χ2v) is 2.68. The van der Waals surface area contributed by atoms with Crippen LogP contribution in [0, 0.1) is 10.7 Å². The predicted octanol–water partition coefficient (Wildman–Crippen LogP) is 2.07. The summed E-state index contributed by atoms with van der Waals surface area (Å²) in [7, 11) is 0. The van der Waals surface area contributed by atoms with Crippen LogP contribution in [0.5, 0.6) is 0 Å². The van der Waals surface area contributed by atoms with Crippen molar-refractivity contribution in [3.05, 3.63) is 29.8 Å². The number of thiocyanates is 1. The van der Waals surface area contributed by atoms with Crippen molar-refractivity contribution < 1.29 is 4.79 Å². The molecular weight excluding hydrogens is 158 g/mol. The lowest BCUT2D eigenvalue weighted by Gasteiger charge is -1.94. The van der Waals surface area contributed by atoms with Crippen LogP contribution in [0.25, 0.3) is 0 Å². The van der Waals surface area contributed by atoms with Gasteiger partial charge in [-0.25, -0.2) is 0 Å². The molecule has 1 aromatic rings. The highest BCUT2D eigenvalue weighted by Gasteiger charge is 1.98. The molecule has 0 aliphatic carbocycles. The molecule has 0 N–H and O–H groups in total. The quantitative estimate of drug-likeness (QED) is 0.380. The van der Waals surface area contributed by atoms with Crippen molar-refractivity contribution in [2.75, 3.05) is 0 Å². The van der Waals surface area contributed by atoms with Gasteiger partial charge in [0.05, 0.1) is 0 Å². The number of carbonyl (C=O) groups is 1. The van der Waals surface area contributed by atoms with Crippen LogP contribution in [0.3, 0.4) is 0 Å². The van der Waals surface area contributed by atoms with Crippen LogP contribution in [0.1, 0.15) is 10.4 Å². The van der Waals surface area contributed by atoms with Gasteiger partial charge in [-0.05, 0) is 17.8 Å². The van der Waals surface area contributed by atoms with Gasteiger partial charge in [-0.2, -0.15) is 5.26 Å². The molecule has 0 heterocycles. The number of rotatable bonds is 2. The molecule has 0 spiro atoms. The fourth-order valence-electron chi connectivity index (χ4n) is 0.720. The molecule has 0 unspecified atom stereocenters. The molecule has 0 aliphatic heterocycles. The zero-order valence-electron chi connectivity index (χ0n) is 5.65. The highest BCUT2D eigenvalue weighted by atomic mass is 32.2. The van der Waals surface area contributed by atoms with Gasteiger partial charge in [0.15, 0.2) is 6.29 Å². The molecule has 3 heteroatoms. The normalized spacial score (nSPS) is 8.64. The lowest BCUT2D eigenvalue weighted by Crippen LogP contribution is -1.81. The van der Waals surface area contributed by atoms with Gasteiger partial charge in [-0.15, -0.1) is 0 Å². The van der Waals surface area contributed by atoms with Crippen LogP contribution in [0.2, 0.25) is 0 Å². The van der Waals surface area contributed by atoms with Crippen LogP contribution in [0.4, 0.5) is 0 Å². The SMILES string of the molecule is N#CSc1ccccc1C=O. The fourth-order valence-corrected chi connectivity index (χ4v) is 1.20. The Balaban J connectivity index is 3.04. The van der Waals surface area contributed by atoms with Gasteiger partial charge in [0.1, 0.15) is 5.40 Å². The van der Waals surface area contributed by atoms with E-state index in [1.54, 1.807) is 24.3 Å². The second-order valence-electron chi connectivity index (χ2n) is 1.85. The van der Waals surface area contributed by atoms with Crippen LogP contribution in [0.15, 0.2) is 29.2 Å². The third-order valence-electron chi connectivity index (χ3n) is 1.20. The molecule has 0 saturated carbocycles. The molecule has 0 saturated heterocycles. The van der Waals surface area contributed by atoms with E-state index in [4.69, 9.17) is 5.26 Å². The molecule has 0 atom stereocenters. The number of benzene rings is 1. The standard InChI is InChI=1S/C8H5NOS/c9-6-11-8-4-2-1-3-7(8)5-10/h1-5H. The molecule has 2 nitrogen and oxygen atoms in total. The molecule has 0 bridgehead atoms. The van der Waals surface area contributed by atoms with E-state index in [1.807, 2.05) is 5.40 Å². The van der Waals surface area contributed by atoms with E-state index in [2.05, 4.69) is 0 Å². The number of hydrogen-bond acceptors (Lipinski definition) is 3. The largest absolute Gasteiger partial charge is 0.298 e. The minimum absolute atomic E-state index is 0.569. The van der Waals surface area contributed by atoms with E-state index in [-0.39, 0.29) is 0 Å². The highest BCUT2D eigenvalue weighted by Crippen LogP contribution is 2.19. The Morgan fingerprint density at radius 2 is 2.18 bits per heavy atom. The number of nitriles is 1. The van der Waals surface area contributed by atoms with Gasteiger partial charge < -0.3 is 0 Å². The highest BCUT2D eigenvalue weighted by molar-refractivity contribution is 8.03. The molecule has 1 aromatic carbocycles. The minimum atomic E-state index is 0.569. The predicted molar refractivity (Wildman–Crippen MR) is 43.3 cm³/mol. The van der Waals surface area contributed by atoms with Gasteiger partial charge in [-0.1, -0.05) is 18.2 Å². The van der Waals surface area contributed by atoms with Crippen LogP contribution < -0.4 is 0 Å². The Kier molecular flexibility index (Phi) is 2.70. The van der Waals surface area contributed by atoms with E-state index in [0.29, 0.717) is 10.5 Å². The lowest BCUT2D eigenvalue weighted by atomic mass is 10.2. The smallest absolute Gasteiger partial charge is 0.151 e. The Hall–Kier alpha value is -1.27. The minimum Gasteiger partial charge on any atom is -0.298 e. The molecule has 1 rings (SSSR count). The molecule has 11 heavy (non-hydrogen) atoms. The van der Waals surface area contributed by atoms with Crippen LogP contribution >= 0.6 is 11.8 Å². The van der Waals surface area contributed by atoms with Crippen LogP contribution in [-0.4, -0.2) is 6.29 Å². The summed E-state index contributed by atoms with van der Waals surface area (Å²) in [4.78, 5) is 11.1. The van der Waals surface area contributed by atoms with E-state index in [0.717, 1.165) is 18.0 Å². The summed E-state index contributed by atoms with van der Waals surface area (Å²) in [5.41, 5.74) is 0.569. The summed E-state index contributed by atoms with van der Waals surface area (Å²) in [6.45, 7) is 0. The van der Waals surface area contributed by atoms with Crippen molar-refractivity contribution in [2.24, 2.45) is 0 Å². The first-order chi connectivity index (χ1) is 5.38. The summed E-state index contributed by atoms with van der Waals surface area (Å²) in [6.07, 6.45) is 0.750. The molecule has 54 valence electrons. The zero-order chi connectivity index (χ0) is 8.10. The maximum atomic E-state index is 10.4. The average Bonchev–Trinajstić information content (AvgIpc) is 2.06. The number of hydrogen-bond donors (Lipinski definition) is 0. The van der Waals surface area contributed by atoms with Crippen molar-refractivity contribution in [3.63, 3.8) is 0 Å². The van der Waals surface area contributed by atoms with Crippen molar-refractivity contribution in [2.45, 2.75) is 4.90 Å². The Morgan fingerprint density at radius 1 is 1.45 bits per heavy atom. The summed E-state index contributed by atoms with van der Waals surface area (Å²) in [6, 6.07) is 7.00. The maximum Gasteiger partial charge on any atom is 0.151 e. The first kappa shape index (κ1) is 7.83. The van der Waals surface area contributed by atoms with E-state index < -0.39 is 0 Å². The van der Waals surface area contributed by atoms with E-state index in [9.17, 15) is 4.79 Å². The van der Waals surface area contributed by atoms with E-state index >= 15 is 0 Å². The first-order valence-electron chi connectivity index (χ1n) is 2.98. The summed E-state index contributed by atoms with van der Waals surface area (Å²) < 4.78 is 0. The Labute approximate surface area is 68.8 Å². The maximum absolute atomic E-state index is 10.4. The molecule has 0 aliphatic rings. The average molecular weight is 163 g/mol. The number of thioether (sulfide) groups is 1.